The Bertz CT molecular complexity index is 451. The van der Waals surface area contributed by atoms with Crippen molar-refractivity contribution in [3.05, 3.63) is 23.9 Å². The minimum atomic E-state index is 0. The molecule has 1 amide bonds. The van der Waals surface area contributed by atoms with Crippen LogP contribution < -0.4 is 16.4 Å². The number of piperidine rings is 1. The van der Waals surface area contributed by atoms with E-state index in [9.17, 15) is 4.79 Å². The Labute approximate surface area is 130 Å². The van der Waals surface area contributed by atoms with Gasteiger partial charge in [-0.25, -0.2) is 4.98 Å². The summed E-state index contributed by atoms with van der Waals surface area (Å²) >= 11 is 0. The normalized spacial score (nSPS) is 26.5. The van der Waals surface area contributed by atoms with Crippen molar-refractivity contribution in [2.24, 2.45) is 11.8 Å². The molecule has 0 spiro atoms. The molecule has 1 aliphatic heterocycles. The molecule has 0 radical (unpaired) electrons. The average Bonchev–Trinajstić information content (AvgIpc) is 2.97. The van der Waals surface area contributed by atoms with Crippen molar-refractivity contribution in [1.29, 1.82) is 0 Å². The van der Waals surface area contributed by atoms with Crippen LogP contribution in [0.25, 0.3) is 0 Å². The summed E-state index contributed by atoms with van der Waals surface area (Å²) in [6.45, 7) is 1.45. The van der Waals surface area contributed by atoms with Crippen LogP contribution in [0.2, 0.25) is 0 Å². The number of aromatic nitrogens is 1. The number of carbonyl (C=O) groups excluding carboxylic acids is 1. The van der Waals surface area contributed by atoms with Crippen LogP contribution in [0.1, 0.15) is 18.4 Å². The summed E-state index contributed by atoms with van der Waals surface area (Å²) in [5.41, 5.74) is 6.63. The van der Waals surface area contributed by atoms with Crippen LogP contribution in [-0.4, -0.2) is 23.5 Å². The molecule has 4 N–H and O–H groups in total. The number of nitrogens with two attached hydrogens (primary N) is 1. The highest BCUT2D eigenvalue weighted by Gasteiger charge is 2.45. The monoisotopic (exact) mass is 318 g/mol. The molecule has 2 bridgehead atoms. The zero-order valence-corrected chi connectivity index (χ0v) is 12.7. The van der Waals surface area contributed by atoms with Crippen LogP contribution >= 0.6 is 24.8 Å². The summed E-state index contributed by atoms with van der Waals surface area (Å²) in [6, 6.07) is 4.10. The van der Waals surface area contributed by atoms with Crippen LogP contribution in [0.15, 0.2) is 18.3 Å². The summed E-state index contributed by atoms with van der Waals surface area (Å²) in [6.07, 6.45) is 3.95. The molecule has 1 aromatic rings. The zero-order chi connectivity index (χ0) is 12.5. The van der Waals surface area contributed by atoms with Gasteiger partial charge in [0.15, 0.2) is 0 Å². The van der Waals surface area contributed by atoms with Gasteiger partial charge in [0.05, 0.1) is 5.92 Å². The van der Waals surface area contributed by atoms with Gasteiger partial charge in [-0.05, 0) is 31.4 Å². The minimum absolute atomic E-state index is 0. The Morgan fingerprint density at radius 1 is 1.45 bits per heavy atom. The first-order chi connectivity index (χ1) is 8.75. The molecule has 1 aromatic heterocycles. The number of rotatable bonds is 3. The number of amides is 1. The SMILES string of the molecule is Cl.Cl.Nc1ncccc1CNC(=O)[C@@H]1[C@H]2CC[C@@H]1NC2. The Balaban J connectivity index is 0.000001000. The highest BCUT2D eigenvalue weighted by molar-refractivity contribution is 5.85. The summed E-state index contributed by atoms with van der Waals surface area (Å²) in [5, 5.41) is 6.38. The van der Waals surface area contributed by atoms with Gasteiger partial charge in [0, 0.05) is 24.3 Å². The lowest BCUT2D eigenvalue weighted by Crippen LogP contribution is -2.36. The smallest absolute Gasteiger partial charge is 0.225 e. The molecule has 2 heterocycles. The lowest BCUT2D eigenvalue weighted by molar-refractivity contribution is -0.125. The van der Waals surface area contributed by atoms with Crippen LogP contribution in [-0.2, 0) is 11.3 Å². The molecule has 0 aromatic carbocycles. The third-order valence-electron chi connectivity index (χ3n) is 4.11. The average molecular weight is 319 g/mol. The van der Waals surface area contributed by atoms with Crippen molar-refractivity contribution in [2.75, 3.05) is 12.3 Å². The van der Waals surface area contributed by atoms with Gasteiger partial charge < -0.3 is 16.4 Å². The van der Waals surface area contributed by atoms with Crippen LogP contribution in [0.3, 0.4) is 0 Å². The summed E-state index contributed by atoms with van der Waals surface area (Å²) in [5.74, 6) is 1.30. The van der Waals surface area contributed by atoms with Crippen molar-refractivity contribution >= 4 is 36.5 Å². The number of pyridine rings is 1. The molecule has 112 valence electrons. The van der Waals surface area contributed by atoms with E-state index in [4.69, 9.17) is 5.73 Å². The van der Waals surface area contributed by atoms with Crippen molar-refractivity contribution in [3.8, 4) is 0 Å². The number of nitrogens with one attached hydrogen (secondary N) is 2. The first kappa shape index (κ1) is 17.0. The van der Waals surface area contributed by atoms with E-state index < -0.39 is 0 Å². The molecule has 3 atom stereocenters. The molecular weight excluding hydrogens is 299 g/mol. The Hall–Kier alpha value is -1.04. The van der Waals surface area contributed by atoms with Gasteiger partial charge in [0.1, 0.15) is 5.82 Å². The maximum atomic E-state index is 12.2. The van der Waals surface area contributed by atoms with E-state index in [2.05, 4.69) is 15.6 Å². The minimum Gasteiger partial charge on any atom is -0.383 e. The second-order valence-corrected chi connectivity index (χ2v) is 5.14. The van der Waals surface area contributed by atoms with Crippen molar-refractivity contribution in [3.63, 3.8) is 0 Å². The molecule has 7 heteroatoms. The van der Waals surface area contributed by atoms with Crippen molar-refractivity contribution in [1.82, 2.24) is 15.6 Å². The maximum Gasteiger partial charge on any atom is 0.225 e. The first-order valence-electron chi connectivity index (χ1n) is 6.46. The van der Waals surface area contributed by atoms with E-state index in [0.29, 0.717) is 24.3 Å². The van der Waals surface area contributed by atoms with E-state index in [-0.39, 0.29) is 36.6 Å². The summed E-state index contributed by atoms with van der Waals surface area (Å²) in [7, 11) is 0. The Kier molecular flexibility index (Phi) is 6.05. The van der Waals surface area contributed by atoms with E-state index in [1.165, 1.54) is 6.42 Å². The predicted molar refractivity (Wildman–Crippen MR) is 83.0 cm³/mol. The number of fused-ring (bicyclic) bond motifs is 2. The van der Waals surface area contributed by atoms with E-state index in [1.807, 2.05) is 12.1 Å². The molecule has 1 saturated heterocycles. The predicted octanol–water partition coefficient (Wildman–Crippen LogP) is 1.12. The molecular formula is C13H20Cl2N4O. The number of halogens is 2. The highest BCUT2D eigenvalue weighted by Crippen LogP contribution is 2.36. The molecule has 0 unspecified atom stereocenters. The highest BCUT2D eigenvalue weighted by atomic mass is 35.5. The summed E-state index contributed by atoms with van der Waals surface area (Å²) < 4.78 is 0. The number of carbonyl (C=O) groups is 1. The molecule has 1 saturated carbocycles. The van der Waals surface area contributed by atoms with E-state index >= 15 is 0 Å². The Morgan fingerprint density at radius 2 is 2.25 bits per heavy atom. The Morgan fingerprint density at radius 3 is 2.80 bits per heavy atom. The van der Waals surface area contributed by atoms with Gasteiger partial charge in [-0.15, -0.1) is 24.8 Å². The van der Waals surface area contributed by atoms with Crippen molar-refractivity contribution in [2.45, 2.75) is 25.4 Å². The third kappa shape index (κ3) is 3.16. The number of nitrogen functional groups attached to an aromatic ring is 1. The maximum absolute atomic E-state index is 12.2. The lowest BCUT2D eigenvalue weighted by atomic mass is 9.97. The molecule has 3 rings (SSSR count). The van der Waals surface area contributed by atoms with E-state index in [1.54, 1.807) is 6.20 Å². The van der Waals surface area contributed by atoms with E-state index in [0.717, 1.165) is 18.5 Å². The van der Waals surface area contributed by atoms with Crippen LogP contribution in [0.4, 0.5) is 5.82 Å². The fourth-order valence-corrected chi connectivity index (χ4v) is 3.14. The third-order valence-corrected chi connectivity index (χ3v) is 4.11. The van der Waals surface area contributed by atoms with Gasteiger partial charge in [-0.3, -0.25) is 4.79 Å². The number of hydrogen-bond acceptors (Lipinski definition) is 4. The topological polar surface area (TPSA) is 80.0 Å². The second kappa shape index (κ2) is 7.11. The number of nitrogens with zero attached hydrogens (tertiary/aromatic N) is 1. The zero-order valence-electron chi connectivity index (χ0n) is 11.0. The van der Waals surface area contributed by atoms with Gasteiger partial charge >= 0.3 is 0 Å². The largest absolute Gasteiger partial charge is 0.383 e. The van der Waals surface area contributed by atoms with Gasteiger partial charge in [0.25, 0.3) is 0 Å². The molecule has 20 heavy (non-hydrogen) atoms. The number of anilines is 1. The van der Waals surface area contributed by atoms with Crippen LogP contribution in [0, 0.1) is 11.8 Å². The van der Waals surface area contributed by atoms with Crippen molar-refractivity contribution < 1.29 is 4.79 Å². The quantitative estimate of drug-likeness (QED) is 0.780. The number of hydrogen-bond donors (Lipinski definition) is 3. The fourth-order valence-electron chi connectivity index (χ4n) is 3.14. The molecule has 2 aliphatic rings. The second-order valence-electron chi connectivity index (χ2n) is 5.14. The fraction of sp³-hybridized carbons (Fsp3) is 0.538. The molecule has 5 nitrogen and oxygen atoms in total. The summed E-state index contributed by atoms with van der Waals surface area (Å²) in [4.78, 5) is 16.2. The molecule has 2 fully saturated rings. The first-order valence-corrected chi connectivity index (χ1v) is 6.46. The lowest BCUT2D eigenvalue weighted by Gasteiger charge is -2.15. The van der Waals surface area contributed by atoms with Gasteiger partial charge in [-0.1, -0.05) is 6.07 Å². The molecule has 1 aliphatic carbocycles. The standard InChI is InChI=1S/C13H18N4O.2ClH/c14-12-9(2-1-5-15-12)7-17-13(18)11-8-3-4-10(11)16-6-8;;/h1-2,5,8,10-11,16H,3-4,6-7H2,(H2,14,15)(H,17,18);2*1H/t8-,10-,11+;;/m0../s1. The van der Waals surface area contributed by atoms with Crippen LogP contribution in [0.5, 0.6) is 0 Å². The van der Waals surface area contributed by atoms with Gasteiger partial charge in [0.2, 0.25) is 5.91 Å². The van der Waals surface area contributed by atoms with Gasteiger partial charge in [-0.2, -0.15) is 0 Å².